The summed E-state index contributed by atoms with van der Waals surface area (Å²) in [5, 5.41) is 0. The molecule has 0 spiro atoms. The number of nitrogens with one attached hydrogen (secondary N) is 1. The van der Waals surface area contributed by atoms with E-state index in [0.717, 1.165) is 19.3 Å². The molecule has 0 bridgehead atoms. The predicted molar refractivity (Wildman–Crippen MR) is 64.9 cm³/mol. The van der Waals surface area contributed by atoms with E-state index in [1.54, 1.807) is 0 Å². The monoisotopic (exact) mass is 225 g/mol. The average molecular weight is 225 g/mol. The Hall–Kier alpha value is -0.830. The van der Waals surface area contributed by atoms with Crippen molar-refractivity contribution in [2.75, 3.05) is 6.26 Å². The first-order valence-electron chi connectivity index (χ1n) is 5.34. The Bertz CT molecular complexity index is 435. The molecule has 1 rings (SSSR count). The lowest BCUT2D eigenvalue weighted by atomic mass is 10.0. The molecule has 0 aliphatic carbocycles. The molecule has 0 saturated heterocycles. The van der Waals surface area contributed by atoms with E-state index < -0.39 is 9.73 Å². The first-order valence-corrected chi connectivity index (χ1v) is 7.31. The smallest absolute Gasteiger partial charge is 0.0696 e. The van der Waals surface area contributed by atoms with Crippen LogP contribution in [0.15, 0.2) is 23.1 Å². The number of hydrogen-bond acceptors (Lipinski definition) is 2. The van der Waals surface area contributed by atoms with Crippen LogP contribution in [-0.2, 0) is 22.6 Å². The molecule has 3 heteroatoms. The molecule has 0 aromatic heterocycles. The third-order valence-corrected chi connectivity index (χ3v) is 3.68. The van der Waals surface area contributed by atoms with Gasteiger partial charge in [-0.1, -0.05) is 26.3 Å². The lowest BCUT2D eigenvalue weighted by molar-refractivity contribution is 0.678. The highest BCUT2D eigenvalue weighted by atomic mass is 32.2. The average Bonchev–Trinajstić information content (AvgIpc) is 2.17. The highest BCUT2D eigenvalue weighted by Gasteiger charge is 2.06. The molecule has 0 saturated carbocycles. The molecule has 2 nitrogen and oxygen atoms in total. The molecule has 1 aromatic carbocycles. The molecule has 0 amide bonds. The second kappa shape index (κ2) is 4.79. The first-order chi connectivity index (χ1) is 6.99. The maximum absolute atomic E-state index is 11.6. The van der Waals surface area contributed by atoms with E-state index in [-0.39, 0.29) is 0 Å². The van der Waals surface area contributed by atoms with Crippen LogP contribution in [0.5, 0.6) is 0 Å². The molecular weight excluding hydrogens is 206 g/mol. The molecule has 15 heavy (non-hydrogen) atoms. The molecule has 0 heterocycles. The Kier molecular flexibility index (Phi) is 3.91. The van der Waals surface area contributed by atoms with Crippen molar-refractivity contribution in [2.24, 2.45) is 0 Å². The fourth-order valence-corrected chi connectivity index (χ4v) is 2.38. The Morgan fingerprint density at radius 3 is 2.40 bits per heavy atom. The molecule has 0 fully saturated rings. The van der Waals surface area contributed by atoms with E-state index in [0.29, 0.717) is 4.90 Å². The highest BCUT2D eigenvalue weighted by Crippen LogP contribution is 2.18. The second-order valence-electron chi connectivity index (χ2n) is 3.88. The predicted octanol–water partition coefficient (Wildman–Crippen LogP) is 3.24. The zero-order valence-corrected chi connectivity index (χ0v) is 10.5. The van der Waals surface area contributed by atoms with Gasteiger partial charge in [0.25, 0.3) is 0 Å². The minimum absolute atomic E-state index is 0.652. The minimum Gasteiger partial charge on any atom is -0.249 e. The van der Waals surface area contributed by atoms with Crippen LogP contribution in [-0.4, -0.2) is 10.5 Å². The van der Waals surface area contributed by atoms with E-state index in [9.17, 15) is 4.21 Å². The SMILES string of the molecule is CCCc1ccc(S(C)(=N)=O)cc1CC. The summed E-state index contributed by atoms with van der Waals surface area (Å²) < 4.78 is 19.1. The van der Waals surface area contributed by atoms with Crippen LogP contribution >= 0.6 is 0 Å². The summed E-state index contributed by atoms with van der Waals surface area (Å²) in [6.07, 6.45) is 4.60. The number of benzene rings is 1. The van der Waals surface area contributed by atoms with Crippen LogP contribution in [0.4, 0.5) is 0 Å². The van der Waals surface area contributed by atoms with Crippen LogP contribution in [0.1, 0.15) is 31.4 Å². The Labute approximate surface area is 92.7 Å². The van der Waals surface area contributed by atoms with Gasteiger partial charge in [0, 0.05) is 11.2 Å². The van der Waals surface area contributed by atoms with Crippen molar-refractivity contribution in [1.82, 2.24) is 0 Å². The van der Waals surface area contributed by atoms with Gasteiger partial charge in [0.05, 0.1) is 9.73 Å². The molecule has 0 aliphatic rings. The van der Waals surface area contributed by atoms with Crippen LogP contribution in [0, 0.1) is 4.78 Å². The molecule has 0 aliphatic heterocycles. The fourth-order valence-electron chi connectivity index (χ4n) is 1.69. The van der Waals surface area contributed by atoms with Crippen molar-refractivity contribution in [3.05, 3.63) is 29.3 Å². The molecule has 1 unspecified atom stereocenters. The van der Waals surface area contributed by atoms with Gasteiger partial charge < -0.3 is 0 Å². The van der Waals surface area contributed by atoms with Gasteiger partial charge in [0.15, 0.2) is 0 Å². The van der Waals surface area contributed by atoms with Gasteiger partial charge in [-0.2, -0.15) is 0 Å². The maximum atomic E-state index is 11.6. The van der Waals surface area contributed by atoms with Gasteiger partial charge >= 0.3 is 0 Å². The summed E-state index contributed by atoms with van der Waals surface area (Å²) >= 11 is 0. The molecule has 1 atom stereocenters. The molecular formula is C12H19NOS. The summed E-state index contributed by atoms with van der Waals surface area (Å²) in [7, 11) is -2.57. The van der Waals surface area contributed by atoms with Crippen molar-refractivity contribution in [1.29, 1.82) is 4.78 Å². The van der Waals surface area contributed by atoms with E-state index in [1.807, 2.05) is 18.2 Å². The summed E-state index contributed by atoms with van der Waals surface area (Å²) in [6.45, 7) is 4.25. The molecule has 1 aromatic rings. The third kappa shape index (κ3) is 3.06. The van der Waals surface area contributed by atoms with Gasteiger partial charge in [-0.05, 0) is 36.1 Å². The van der Waals surface area contributed by atoms with Gasteiger partial charge in [-0.3, -0.25) is 0 Å². The van der Waals surface area contributed by atoms with E-state index >= 15 is 0 Å². The van der Waals surface area contributed by atoms with E-state index in [4.69, 9.17) is 4.78 Å². The van der Waals surface area contributed by atoms with Crippen molar-refractivity contribution in [3.8, 4) is 0 Å². The number of rotatable bonds is 4. The Morgan fingerprint density at radius 1 is 1.27 bits per heavy atom. The minimum atomic E-state index is -2.57. The normalized spacial score (nSPS) is 14.9. The van der Waals surface area contributed by atoms with Gasteiger partial charge in [-0.25, -0.2) is 8.99 Å². The maximum Gasteiger partial charge on any atom is 0.0696 e. The standard InChI is InChI=1S/C12H19NOS/c1-4-6-11-7-8-12(15(3,13)14)9-10(11)5-2/h7-9,13H,4-6H2,1-3H3. The Morgan fingerprint density at radius 2 is 1.93 bits per heavy atom. The summed E-state index contributed by atoms with van der Waals surface area (Å²) in [4.78, 5) is 0.652. The highest BCUT2D eigenvalue weighted by molar-refractivity contribution is 7.91. The fraction of sp³-hybridized carbons (Fsp3) is 0.500. The van der Waals surface area contributed by atoms with Gasteiger partial charge in [0.1, 0.15) is 0 Å². The topological polar surface area (TPSA) is 40.9 Å². The second-order valence-corrected chi connectivity index (χ2v) is 6.04. The molecule has 1 N–H and O–H groups in total. The van der Waals surface area contributed by atoms with Crippen molar-refractivity contribution in [2.45, 2.75) is 38.0 Å². The largest absolute Gasteiger partial charge is 0.249 e. The van der Waals surface area contributed by atoms with Crippen LogP contribution in [0.3, 0.4) is 0 Å². The lowest BCUT2D eigenvalue weighted by Gasteiger charge is -2.09. The van der Waals surface area contributed by atoms with Gasteiger partial charge in [0.2, 0.25) is 0 Å². The van der Waals surface area contributed by atoms with Crippen molar-refractivity contribution >= 4 is 9.73 Å². The quantitative estimate of drug-likeness (QED) is 0.839. The van der Waals surface area contributed by atoms with Crippen molar-refractivity contribution in [3.63, 3.8) is 0 Å². The summed E-state index contributed by atoms with van der Waals surface area (Å²) in [5.41, 5.74) is 2.56. The zero-order valence-electron chi connectivity index (χ0n) is 9.67. The van der Waals surface area contributed by atoms with Gasteiger partial charge in [-0.15, -0.1) is 0 Å². The summed E-state index contributed by atoms with van der Waals surface area (Å²) in [6, 6.07) is 5.79. The summed E-state index contributed by atoms with van der Waals surface area (Å²) in [5.74, 6) is 0. The Balaban J connectivity index is 3.19. The molecule has 84 valence electrons. The number of hydrogen-bond donors (Lipinski definition) is 1. The first kappa shape index (κ1) is 12.2. The van der Waals surface area contributed by atoms with Crippen LogP contribution in [0.2, 0.25) is 0 Å². The van der Waals surface area contributed by atoms with Crippen LogP contribution < -0.4 is 0 Å². The third-order valence-electron chi connectivity index (χ3n) is 2.53. The van der Waals surface area contributed by atoms with E-state index in [2.05, 4.69) is 13.8 Å². The van der Waals surface area contributed by atoms with Crippen LogP contribution in [0.25, 0.3) is 0 Å². The molecule has 0 radical (unpaired) electrons. The lowest BCUT2D eigenvalue weighted by Crippen LogP contribution is -1.99. The zero-order chi connectivity index (χ0) is 11.5. The van der Waals surface area contributed by atoms with Crippen molar-refractivity contribution < 1.29 is 4.21 Å². The van der Waals surface area contributed by atoms with E-state index in [1.165, 1.54) is 17.4 Å². The number of aryl methyl sites for hydroxylation is 2.